The van der Waals surface area contributed by atoms with E-state index in [-0.39, 0.29) is 36.9 Å². The van der Waals surface area contributed by atoms with Crippen LogP contribution in [0.1, 0.15) is 41.4 Å². The van der Waals surface area contributed by atoms with Gasteiger partial charge in [-0.25, -0.2) is 4.79 Å². The van der Waals surface area contributed by atoms with Crippen LogP contribution in [0, 0.1) is 12.8 Å². The summed E-state index contributed by atoms with van der Waals surface area (Å²) in [5, 5.41) is 7.27. The van der Waals surface area contributed by atoms with Gasteiger partial charge in [0.15, 0.2) is 0 Å². The second kappa shape index (κ2) is 9.92. The third-order valence-electron chi connectivity index (χ3n) is 6.89. The maximum absolute atomic E-state index is 13.1. The summed E-state index contributed by atoms with van der Waals surface area (Å²) in [6.45, 7) is 2.87. The van der Waals surface area contributed by atoms with Crippen LogP contribution in [-0.4, -0.2) is 44.4 Å². The molecule has 1 saturated carbocycles. The van der Waals surface area contributed by atoms with Gasteiger partial charge >= 0.3 is 6.09 Å². The molecule has 0 aromatic heterocycles. The maximum atomic E-state index is 13.1. The molecule has 1 heterocycles. The Labute approximate surface area is 203 Å². The number of nitrogens with one attached hydrogen (secondary N) is 2. The van der Waals surface area contributed by atoms with Crippen molar-refractivity contribution in [2.45, 2.75) is 37.1 Å². The Kier molecular flexibility index (Phi) is 7.17. The Morgan fingerprint density at radius 1 is 1.18 bits per heavy atom. The summed E-state index contributed by atoms with van der Waals surface area (Å²) >= 11 is 12.9. The van der Waals surface area contributed by atoms with E-state index in [2.05, 4.69) is 22.8 Å². The minimum Gasteiger partial charge on any atom is -0.447 e. The molecule has 4 atom stereocenters. The summed E-state index contributed by atoms with van der Waals surface area (Å²) in [5.74, 6) is -0.341. The standard InChI is InChI=1S/C25H28Cl2N2O4/c1-15-3-8-18(21(27)13-15)19-9-10-25(29-24(31)33-12-11-32-2)20(14-28-23(25)30)22(19)16-4-6-17(26)7-5-16/h3-8,13,19-20,22H,9-12,14H2,1-2H3,(H,28,30)(H,29,31)/t19-,20-,22-,25-/m0/s1. The summed E-state index contributed by atoms with van der Waals surface area (Å²) in [4.78, 5) is 25.7. The van der Waals surface area contributed by atoms with Gasteiger partial charge in [0.2, 0.25) is 5.91 Å². The van der Waals surface area contributed by atoms with Crippen LogP contribution < -0.4 is 10.6 Å². The zero-order valence-electron chi connectivity index (χ0n) is 18.7. The van der Waals surface area contributed by atoms with Crippen molar-refractivity contribution in [2.24, 2.45) is 5.92 Å². The van der Waals surface area contributed by atoms with Gasteiger partial charge in [0, 0.05) is 29.6 Å². The van der Waals surface area contributed by atoms with Crippen LogP contribution in [0.2, 0.25) is 10.0 Å². The number of hydrogen-bond acceptors (Lipinski definition) is 4. The van der Waals surface area contributed by atoms with Crippen molar-refractivity contribution in [1.29, 1.82) is 0 Å². The smallest absolute Gasteiger partial charge is 0.408 e. The summed E-state index contributed by atoms with van der Waals surface area (Å²) in [6.07, 6.45) is 0.552. The Hall–Kier alpha value is -2.28. The molecule has 2 aromatic carbocycles. The van der Waals surface area contributed by atoms with E-state index in [9.17, 15) is 9.59 Å². The molecule has 33 heavy (non-hydrogen) atoms. The molecule has 1 aliphatic heterocycles. The molecule has 6 nitrogen and oxygen atoms in total. The number of hydrogen-bond donors (Lipinski definition) is 2. The number of carbonyl (C=O) groups excluding carboxylic acids is 2. The van der Waals surface area contributed by atoms with E-state index in [1.165, 1.54) is 7.11 Å². The monoisotopic (exact) mass is 490 g/mol. The molecule has 4 rings (SSSR count). The van der Waals surface area contributed by atoms with Crippen molar-refractivity contribution in [3.63, 3.8) is 0 Å². The van der Waals surface area contributed by atoms with Gasteiger partial charge in [0.1, 0.15) is 12.1 Å². The zero-order chi connectivity index (χ0) is 23.6. The molecular formula is C25H28Cl2N2O4. The lowest BCUT2D eigenvalue weighted by molar-refractivity contribution is -0.126. The van der Waals surface area contributed by atoms with Crippen LogP contribution in [-0.2, 0) is 14.3 Å². The summed E-state index contributed by atoms with van der Waals surface area (Å²) < 4.78 is 10.2. The number of methoxy groups -OCH3 is 1. The molecule has 0 unspecified atom stereocenters. The molecule has 0 spiro atoms. The minimum absolute atomic E-state index is 0.0607. The van der Waals surface area contributed by atoms with Gasteiger partial charge in [-0.2, -0.15) is 0 Å². The van der Waals surface area contributed by atoms with Gasteiger partial charge in [0.25, 0.3) is 0 Å². The average molecular weight is 491 g/mol. The van der Waals surface area contributed by atoms with E-state index in [1.54, 1.807) is 0 Å². The van der Waals surface area contributed by atoms with Gasteiger partial charge in [-0.3, -0.25) is 4.79 Å². The maximum Gasteiger partial charge on any atom is 0.408 e. The summed E-state index contributed by atoms with van der Waals surface area (Å²) in [5.41, 5.74) is 2.15. The number of ether oxygens (including phenoxy) is 2. The molecule has 1 saturated heterocycles. The highest BCUT2D eigenvalue weighted by Crippen LogP contribution is 2.54. The van der Waals surface area contributed by atoms with Crippen molar-refractivity contribution in [3.05, 3.63) is 69.2 Å². The van der Waals surface area contributed by atoms with Crippen molar-refractivity contribution in [2.75, 3.05) is 26.9 Å². The first kappa shape index (κ1) is 23.9. The predicted molar refractivity (Wildman–Crippen MR) is 128 cm³/mol. The molecule has 0 bridgehead atoms. The van der Waals surface area contributed by atoms with E-state index in [4.69, 9.17) is 32.7 Å². The first-order chi connectivity index (χ1) is 15.9. The van der Waals surface area contributed by atoms with Crippen LogP contribution in [0.3, 0.4) is 0 Å². The molecule has 2 fully saturated rings. The largest absolute Gasteiger partial charge is 0.447 e. The van der Waals surface area contributed by atoms with Crippen molar-refractivity contribution in [3.8, 4) is 0 Å². The molecule has 2 aromatic rings. The molecule has 2 N–H and O–H groups in total. The van der Waals surface area contributed by atoms with E-state index in [0.717, 1.165) is 21.7 Å². The molecular weight excluding hydrogens is 463 g/mol. The Bertz CT molecular complexity index is 1030. The second-order valence-electron chi connectivity index (χ2n) is 8.79. The lowest BCUT2D eigenvalue weighted by Crippen LogP contribution is -2.61. The fourth-order valence-electron chi connectivity index (χ4n) is 5.36. The quantitative estimate of drug-likeness (QED) is 0.569. The number of alkyl carbamates (subject to hydrolysis) is 1. The van der Waals surface area contributed by atoms with Gasteiger partial charge in [-0.05, 0) is 66.5 Å². The summed E-state index contributed by atoms with van der Waals surface area (Å²) in [6, 6.07) is 13.8. The van der Waals surface area contributed by atoms with Crippen molar-refractivity contribution in [1.82, 2.24) is 10.6 Å². The van der Waals surface area contributed by atoms with E-state index < -0.39 is 11.6 Å². The number of fused-ring (bicyclic) bond motifs is 1. The van der Waals surface area contributed by atoms with Crippen LogP contribution >= 0.6 is 23.2 Å². The topological polar surface area (TPSA) is 76.7 Å². The van der Waals surface area contributed by atoms with Gasteiger partial charge in [-0.15, -0.1) is 0 Å². The molecule has 2 amide bonds. The van der Waals surface area contributed by atoms with Crippen molar-refractivity contribution < 1.29 is 19.1 Å². The first-order valence-corrected chi connectivity index (χ1v) is 11.8. The van der Waals surface area contributed by atoms with E-state index >= 15 is 0 Å². The zero-order valence-corrected chi connectivity index (χ0v) is 20.2. The Balaban J connectivity index is 1.72. The third-order valence-corrected chi connectivity index (χ3v) is 7.47. The van der Waals surface area contributed by atoms with Gasteiger partial charge in [-0.1, -0.05) is 47.5 Å². The average Bonchev–Trinajstić information content (AvgIpc) is 3.10. The molecule has 1 aliphatic carbocycles. The normalized spacial score (nSPS) is 26.4. The van der Waals surface area contributed by atoms with Gasteiger partial charge in [0.05, 0.1) is 6.61 Å². The van der Waals surface area contributed by atoms with Crippen LogP contribution in [0.4, 0.5) is 4.79 Å². The number of benzene rings is 2. The number of halogens is 2. The lowest BCUT2D eigenvalue weighted by atomic mass is 9.60. The molecule has 2 aliphatic rings. The molecule has 176 valence electrons. The minimum atomic E-state index is -1.05. The lowest BCUT2D eigenvalue weighted by Gasteiger charge is -2.46. The third kappa shape index (κ3) is 4.70. The number of amides is 2. The first-order valence-electron chi connectivity index (χ1n) is 11.1. The van der Waals surface area contributed by atoms with Crippen LogP contribution in [0.5, 0.6) is 0 Å². The molecule has 8 heteroatoms. The van der Waals surface area contributed by atoms with E-state index in [1.807, 2.05) is 37.3 Å². The van der Waals surface area contributed by atoms with Crippen molar-refractivity contribution >= 4 is 35.2 Å². The number of carbonyl (C=O) groups is 2. The fraction of sp³-hybridized carbons (Fsp3) is 0.440. The second-order valence-corrected chi connectivity index (χ2v) is 9.63. The Morgan fingerprint density at radius 2 is 1.94 bits per heavy atom. The number of aryl methyl sites for hydroxylation is 1. The SMILES string of the molecule is COCCOC(=O)N[C@@]12CC[C@@H](c3ccc(C)cc3Cl)[C@H](c3ccc(Cl)cc3)[C@@H]1CNC2=O. The van der Waals surface area contributed by atoms with Crippen LogP contribution in [0.25, 0.3) is 0 Å². The highest BCUT2D eigenvalue weighted by Gasteiger charge is 2.59. The highest BCUT2D eigenvalue weighted by atomic mass is 35.5. The predicted octanol–water partition coefficient (Wildman–Crippen LogP) is 4.82. The molecule has 0 radical (unpaired) electrons. The fourth-order valence-corrected chi connectivity index (χ4v) is 5.86. The highest BCUT2D eigenvalue weighted by molar-refractivity contribution is 6.31. The number of rotatable bonds is 6. The summed E-state index contributed by atoms with van der Waals surface area (Å²) in [7, 11) is 1.54. The van der Waals surface area contributed by atoms with E-state index in [0.29, 0.717) is 24.4 Å². The van der Waals surface area contributed by atoms with Crippen LogP contribution in [0.15, 0.2) is 42.5 Å². The van der Waals surface area contributed by atoms with Gasteiger partial charge < -0.3 is 20.1 Å². The Morgan fingerprint density at radius 3 is 2.64 bits per heavy atom.